The first-order valence-corrected chi connectivity index (χ1v) is 26.6. The molecule has 2 aliphatic heterocycles. The number of furan rings is 1. The van der Waals surface area contributed by atoms with Gasteiger partial charge in [-0.05, 0) is 211 Å². The van der Waals surface area contributed by atoms with Crippen LogP contribution in [0, 0.1) is 13.8 Å². The van der Waals surface area contributed by atoms with Gasteiger partial charge in [0.05, 0.1) is 16.4 Å². The van der Waals surface area contributed by atoms with Gasteiger partial charge in [0, 0.05) is 33.5 Å². The Hall–Kier alpha value is -5.22. The summed E-state index contributed by atoms with van der Waals surface area (Å²) < 4.78 is 10.0. The number of anilines is 3. The van der Waals surface area contributed by atoms with Crippen molar-refractivity contribution in [2.24, 2.45) is 0 Å². The van der Waals surface area contributed by atoms with Crippen LogP contribution in [0.15, 0.2) is 77.2 Å². The number of fused-ring (bicyclic) bond motifs is 11. The molecule has 0 saturated carbocycles. The lowest BCUT2D eigenvalue weighted by molar-refractivity contribution is 0.332. The molecular weight excluding hydrogens is 836 g/mol. The summed E-state index contributed by atoms with van der Waals surface area (Å²) in [6.45, 7) is 39.3. The normalized spacial score (nSPS) is 20.6. The number of aromatic nitrogens is 1. The molecule has 3 aliphatic carbocycles. The molecule has 0 atom stereocenters. The van der Waals surface area contributed by atoms with Gasteiger partial charge >= 0.3 is 0 Å². The Bertz CT molecular complexity index is 3630. The number of aryl methyl sites for hydroxylation is 2. The van der Waals surface area contributed by atoms with Gasteiger partial charge in [-0.3, -0.25) is 0 Å². The molecule has 3 nitrogen and oxygen atoms in total. The highest BCUT2D eigenvalue weighted by Gasteiger charge is 2.47. The zero-order valence-corrected chi connectivity index (χ0v) is 44.6. The van der Waals surface area contributed by atoms with Gasteiger partial charge in [0.25, 0.3) is 6.71 Å². The molecule has 0 radical (unpaired) electrons. The number of rotatable bonds is 2. The summed E-state index contributed by atoms with van der Waals surface area (Å²) in [5.41, 5.74) is 27.4. The Balaban J connectivity index is 1.25. The summed E-state index contributed by atoms with van der Waals surface area (Å²) >= 11 is 0. The lowest BCUT2D eigenvalue weighted by Gasteiger charge is -2.45. The number of benzene rings is 6. The average Bonchev–Trinajstić information content (AvgIpc) is 3.60. The first-order chi connectivity index (χ1) is 32.3. The van der Waals surface area contributed by atoms with Crippen molar-refractivity contribution in [1.29, 1.82) is 0 Å². The first-order valence-electron chi connectivity index (χ1n) is 26.6. The van der Waals surface area contributed by atoms with E-state index in [1.54, 1.807) is 0 Å². The van der Waals surface area contributed by atoms with Crippen LogP contribution in [0.3, 0.4) is 0 Å². The average molecular weight is 909 g/mol. The van der Waals surface area contributed by atoms with Crippen molar-refractivity contribution in [3.8, 4) is 5.69 Å². The number of hydrogen-bond donors (Lipinski definition) is 0. The molecule has 0 saturated heterocycles. The van der Waals surface area contributed by atoms with Gasteiger partial charge in [-0.1, -0.05) is 121 Å². The minimum absolute atomic E-state index is 0.0162. The SMILES string of the molecule is Cc1cc2c3c(c1)-n1c4cc5c(cc4c4c6c(cc7oc8ccc(c1c8c74)B3c1ccc(C(C)C)cc1N2c1cc2c(cc1C)C(C)(C)CCC2(C)C)C(C)(C)CCC6(C)C)C(C)(C)CCC5(C)C. The molecule has 4 heterocycles. The zero-order chi connectivity index (χ0) is 48.6. The third-order valence-electron chi connectivity index (χ3n) is 19.5. The van der Waals surface area contributed by atoms with Crippen LogP contribution in [-0.4, -0.2) is 11.3 Å². The predicted octanol–water partition coefficient (Wildman–Crippen LogP) is 16.1. The largest absolute Gasteiger partial charge is 0.456 e. The molecule has 0 amide bonds. The molecule has 0 spiro atoms. The zero-order valence-electron chi connectivity index (χ0n) is 44.6. The van der Waals surface area contributed by atoms with Crippen molar-refractivity contribution in [2.75, 3.05) is 4.90 Å². The van der Waals surface area contributed by atoms with Gasteiger partial charge in [0.15, 0.2) is 0 Å². The van der Waals surface area contributed by atoms with E-state index < -0.39 is 0 Å². The molecule has 0 bridgehead atoms. The van der Waals surface area contributed by atoms with E-state index in [1.807, 2.05) is 0 Å². The van der Waals surface area contributed by atoms with Crippen LogP contribution in [0.1, 0.15) is 191 Å². The van der Waals surface area contributed by atoms with Gasteiger partial charge in [-0.15, -0.1) is 0 Å². The summed E-state index contributed by atoms with van der Waals surface area (Å²) in [5, 5.41) is 5.37. The topological polar surface area (TPSA) is 21.3 Å². The predicted molar refractivity (Wildman–Crippen MR) is 297 cm³/mol. The maximum absolute atomic E-state index is 7.27. The molecule has 2 aromatic heterocycles. The van der Waals surface area contributed by atoms with Gasteiger partial charge in [0.2, 0.25) is 0 Å². The molecule has 4 heteroatoms. The highest BCUT2D eigenvalue weighted by Crippen LogP contribution is 2.56. The molecule has 0 unspecified atom stereocenters. The van der Waals surface area contributed by atoms with E-state index in [0.29, 0.717) is 5.92 Å². The fourth-order valence-corrected chi connectivity index (χ4v) is 14.8. The first kappa shape index (κ1) is 43.8. The quantitative estimate of drug-likeness (QED) is 0.161. The summed E-state index contributed by atoms with van der Waals surface area (Å²) in [6.07, 6.45) is 7.04. The van der Waals surface area contributed by atoms with Crippen molar-refractivity contribution < 1.29 is 4.42 Å². The second kappa shape index (κ2) is 13.4. The van der Waals surface area contributed by atoms with Crippen molar-refractivity contribution in [1.82, 2.24) is 4.57 Å². The number of nitrogens with zero attached hydrogens (tertiary/aromatic N) is 2. The van der Waals surface area contributed by atoms with E-state index in [4.69, 9.17) is 4.42 Å². The van der Waals surface area contributed by atoms with E-state index in [2.05, 4.69) is 193 Å². The fourth-order valence-electron chi connectivity index (χ4n) is 14.8. The molecule has 0 N–H and O–H groups in total. The Morgan fingerprint density at radius 2 is 1.06 bits per heavy atom. The van der Waals surface area contributed by atoms with Crippen LogP contribution in [0.4, 0.5) is 17.1 Å². The maximum Gasteiger partial charge on any atom is 0.252 e. The molecular formula is C65H73BN2O. The molecule has 8 aromatic rings. The minimum atomic E-state index is -0.0236. The summed E-state index contributed by atoms with van der Waals surface area (Å²) in [5.74, 6) is 0.395. The highest BCUT2D eigenvalue weighted by atomic mass is 16.3. The summed E-state index contributed by atoms with van der Waals surface area (Å²) in [7, 11) is 0. The molecule has 352 valence electrons. The van der Waals surface area contributed by atoms with E-state index >= 15 is 0 Å². The summed E-state index contributed by atoms with van der Waals surface area (Å²) in [4.78, 5) is 2.71. The Labute approximate surface area is 412 Å². The minimum Gasteiger partial charge on any atom is -0.456 e. The maximum atomic E-state index is 7.27. The third-order valence-corrected chi connectivity index (χ3v) is 19.5. The van der Waals surface area contributed by atoms with Gasteiger partial charge in [-0.25, -0.2) is 0 Å². The third kappa shape index (κ3) is 5.70. The van der Waals surface area contributed by atoms with Crippen molar-refractivity contribution >= 4 is 83.9 Å². The van der Waals surface area contributed by atoms with Crippen LogP contribution >= 0.6 is 0 Å². The second-order valence-corrected chi connectivity index (χ2v) is 27.2. The van der Waals surface area contributed by atoms with E-state index in [0.717, 1.165) is 24.0 Å². The van der Waals surface area contributed by atoms with Crippen LogP contribution in [-0.2, 0) is 32.5 Å². The van der Waals surface area contributed by atoms with Gasteiger partial charge < -0.3 is 13.9 Å². The van der Waals surface area contributed by atoms with E-state index in [9.17, 15) is 0 Å². The van der Waals surface area contributed by atoms with E-state index in [-0.39, 0.29) is 39.2 Å². The smallest absolute Gasteiger partial charge is 0.252 e. The van der Waals surface area contributed by atoms with Crippen LogP contribution < -0.4 is 21.3 Å². The molecule has 5 aliphatic rings. The fraction of sp³-hybridized carbons (Fsp3) is 0.446. The standard InChI is InChI=1S/C65H73BN2O/c1-35(2)38-17-18-45-49(30-38)67(47-32-42-40(29-37(47)4)60(5,6)21-23-62(42,9)10)50-27-36(3)28-51-58(50)66(45)46-19-20-52-56-55-53(69-52)34-44-57(65(15,16)26-25-64(44,13)14)54(55)39-31-41-43(33-48(39)68(51)59(46)56)63(11,12)24-22-61(41,7)8/h17-20,27-35H,21-26H2,1-16H3. The second-order valence-electron chi connectivity index (χ2n) is 27.2. The van der Waals surface area contributed by atoms with Crippen LogP contribution in [0.25, 0.3) is 49.4 Å². The molecule has 0 fully saturated rings. The van der Waals surface area contributed by atoms with Gasteiger partial charge in [0.1, 0.15) is 11.2 Å². The van der Waals surface area contributed by atoms with Crippen molar-refractivity contribution in [2.45, 2.75) is 188 Å². The Kier molecular flexibility index (Phi) is 8.50. The Morgan fingerprint density at radius 1 is 0.493 bits per heavy atom. The molecule has 13 rings (SSSR count). The van der Waals surface area contributed by atoms with Crippen molar-refractivity contribution in [3.05, 3.63) is 123 Å². The van der Waals surface area contributed by atoms with E-state index in [1.165, 1.54) is 147 Å². The molecule has 69 heavy (non-hydrogen) atoms. The summed E-state index contributed by atoms with van der Waals surface area (Å²) in [6, 6.07) is 30.4. The number of hydrogen-bond acceptors (Lipinski definition) is 2. The lowest BCUT2D eigenvalue weighted by Crippen LogP contribution is -2.60. The monoisotopic (exact) mass is 909 g/mol. The van der Waals surface area contributed by atoms with Crippen molar-refractivity contribution in [3.63, 3.8) is 0 Å². The lowest BCUT2D eigenvalue weighted by atomic mass is 9.33. The van der Waals surface area contributed by atoms with Crippen LogP contribution in [0.5, 0.6) is 0 Å². The molecule has 6 aromatic carbocycles. The Morgan fingerprint density at radius 3 is 1.71 bits per heavy atom. The highest BCUT2D eigenvalue weighted by molar-refractivity contribution is 7.00. The van der Waals surface area contributed by atoms with Crippen LogP contribution in [0.2, 0.25) is 0 Å². The van der Waals surface area contributed by atoms with Gasteiger partial charge in [-0.2, -0.15) is 0 Å².